The number of allylic oxidation sites excluding steroid dienone is 2. The molecule has 7 nitrogen and oxygen atoms in total. The number of alkyl halides is 1. The molecule has 2 aromatic carbocycles. The van der Waals surface area contributed by atoms with Gasteiger partial charge in [-0.1, -0.05) is 55.4 Å². The Morgan fingerprint density at radius 3 is 2.74 bits per heavy atom. The van der Waals surface area contributed by atoms with E-state index in [0.29, 0.717) is 29.5 Å². The molecule has 1 unspecified atom stereocenters. The maximum atomic E-state index is 14.4. The number of piperidine rings is 1. The van der Waals surface area contributed by atoms with Crippen molar-refractivity contribution >= 4 is 28.3 Å². The van der Waals surface area contributed by atoms with Gasteiger partial charge in [-0.25, -0.2) is 14.4 Å². The Bertz CT molecular complexity index is 1760. The minimum atomic E-state index is -0.933. The fourth-order valence-electron chi connectivity index (χ4n) is 6.85. The van der Waals surface area contributed by atoms with Gasteiger partial charge in [0, 0.05) is 35.6 Å². The molecule has 0 saturated carbocycles. The number of nitrogens with zero attached hydrogens (tertiary/aromatic N) is 6. The minimum absolute atomic E-state index is 0.308. The van der Waals surface area contributed by atoms with Crippen molar-refractivity contribution < 1.29 is 4.39 Å². The lowest BCUT2D eigenvalue weighted by Crippen LogP contribution is -2.33. The summed E-state index contributed by atoms with van der Waals surface area (Å²) in [6.07, 6.45) is 11.5. The van der Waals surface area contributed by atoms with E-state index in [1.165, 1.54) is 44.5 Å². The molecule has 6 rings (SSSR count). The average molecular weight is 642 g/mol. The lowest BCUT2D eigenvalue weighted by molar-refractivity contribution is 0.191. The predicted molar refractivity (Wildman–Crippen MR) is 187 cm³/mol. The normalized spacial score (nSPS) is 18.5. The number of aryl methyl sites for hydroxylation is 2. The van der Waals surface area contributed by atoms with Crippen LogP contribution in [0, 0.1) is 12.8 Å². The predicted octanol–water partition coefficient (Wildman–Crippen LogP) is 8.07. The van der Waals surface area contributed by atoms with E-state index in [0.717, 1.165) is 51.3 Å². The number of hydrogen-bond acceptors (Lipinski definition) is 4. The first kappa shape index (κ1) is 32.2. The highest BCUT2D eigenvalue weighted by Crippen LogP contribution is 2.37. The minimum Gasteiger partial charge on any atom is -0.346 e. The van der Waals surface area contributed by atoms with Gasteiger partial charge in [-0.3, -0.25) is 4.68 Å². The van der Waals surface area contributed by atoms with Crippen LogP contribution >= 0.6 is 11.6 Å². The highest BCUT2D eigenvalue weighted by molar-refractivity contribution is 6.36. The highest BCUT2D eigenvalue weighted by atomic mass is 35.5. The summed E-state index contributed by atoms with van der Waals surface area (Å²) < 4.78 is 18.2. The van der Waals surface area contributed by atoms with Crippen LogP contribution < -0.4 is 5.32 Å². The summed E-state index contributed by atoms with van der Waals surface area (Å²) in [5.74, 6) is 1.55. The first-order valence-electron chi connectivity index (χ1n) is 16.5. The van der Waals surface area contributed by atoms with E-state index in [-0.39, 0.29) is 0 Å². The number of imidazole rings is 1. The van der Waals surface area contributed by atoms with Crippen LogP contribution in [0.1, 0.15) is 68.6 Å². The molecule has 4 heterocycles. The smallest absolute Gasteiger partial charge is 0.135 e. The third-order valence-corrected chi connectivity index (χ3v) is 9.81. The summed E-state index contributed by atoms with van der Waals surface area (Å²) in [6.45, 7) is 16.6. The number of hydrogen-bond donors (Lipinski definition) is 1. The van der Waals surface area contributed by atoms with Gasteiger partial charge in [0.2, 0.25) is 0 Å². The molecule has 2 aromatic heterocycles. The Hall–Kier alpha value is -3.75. The van der Waals surface area contributed by atoms with Crippen LogP contribution in [0.25, 0.3) is 22.0 Å². The quantitative estimate of drug-likeness (QED) is 0.141. The number of rotatable bonds is 10. The summed E-state index contributed by atoms with van der Waals surface area (Å²) in [7, 11) is 0. The zero-order valence-corrected chi connectivity index (χ0v) is 28.2. The molecule has 2 atom stereocenters. The molecule has 1 fully saturated rings. The highest BCUT2D eigenvalue weighted by Gasteiger charge is 2.32. The lowest BCUT2D eigenvalue weighted by Gasteiger charge is -2.30. The molecule has 0 radical (unpaired) electrons. The maximum Gasteiger partial charge on any atom is 0.135 e. The van der Waals surface area contributed by atoms with Crippen molar-refractivity contribution in [3.8, 4) is 11.1 Å². The van der Waals surface area contributed by atoms with Crippen LogP contribution in [0.2, 0.25) is 5.02 Å². The van der Waals surface area contributed by atoms with E-state index in [9.17, 15) is 4.39 Å². The van der Waals surface area contributed by atoms with Crippen LogP contribution in [-0.2, 0) is 19.4 Å². The molecule has 9 heteroatoms. The number of likely N-dealkylation sites (tertiary alicyclic amines) is 1. The second-order valence-electron chi connectivity index (χ2n) is 13.0. The Kier molecular flexibility index (Phi) is 9.76. The molecule has 0 bridgehead atoms. The summed E-state index contributed by atoms with van der Waals surface area (Å²) in [5.41, 5.74) is 7.62. The Morgan fingerprint density at radius 2 is 2.00 bits per heavy atom. The molecule has 0 amide bonds. The van der Waals surface area contributed by atoms with E-state index in [4.69, 9.17) is 21.7 Å². The molecular weight excluding hydrogens is 597 g/mol. The zero-order chi connectivity index (χ0) is 32.4. The van der Waals surface area contributed by atoms with Gasteiger partial charge < -0.3 is 14.8 Å². The van der Waals surface area contributed by atoms with Crippen molar-refractivity contribution in [2.24, 2.45) is 10.9 Å². The van der Waals surface area contributed by atoms with Crippen LogP contribution in [0.5, 0.6) is 0 Å². The molecule has 0 spiro atoms. The van der Waals surface area contributed by atoms with E-state index in [1.54, 1.807) is 12.5 Å². The van der Waals surface area contributed by atoms with E-state index in [1.807, 2.05) is 41.4 Å². The topological polar surface area (TPSA) is 63.3 Å². The van der Waals surface area contributed by atoms with Crippen molar-refractivity contribution in [1.29, 1.82) is 0 Å². The molecular formula is C37H45ClFN7. The Labute approximate surface area is 276 Å². The Morgan fingerprint density at radius 1 is 1.24 bits per heavy atom. The number of aliphatic imine (C=N–C) groups is 1. The van der Waals surface area contributed by atoms with Gasteiger partial charge in [0.15, 0.2) is 0 Å². The van der Waals surface area contributed by atoms with Crippen LogP contribution in [0.3, 0.4) is 0 Å². The number of nitrogens with one attached hydrogen (secondary N) is 1. The monoisotopic (exact) mass is 641 g/mol. The SMILES string of the molecule is C=C(NC(C)=N/C=C\C)C(c1ncn2c1C[C@@H](F)C2)n1cc2c(Cl)cc(-c3ccc(CCCN4CCC(C)CC4)cc3)c(C)c2n1. The van der Waals surface area contributed by atoms with Crippen molar-refractivity contribution in [2.75, 3.05) is 19.6 Å². The molecule has 0 aliphatic carbocycles. The first-order valence-corrected chi connectivity index (χ1v) is 16.9. The van der Waals surface area contributed by atoms with Crippen molar-refractivity contribution in [1.82, 2.24) is 29.5 Å². The van der Waals surface area contributed by atoms with Crippen LogP contribution in [0.4, 0.5) is 4.39 Å². The van der Waals surface area contributed by atoms with Gasteiger partial charge >= 0.3 is 0 Å². The molecule has 2 aliphatic rings. The van der Waals surface area contributed by atoms with Gasteiger partial charge in [-0.2, -0.15) is 5.10 Å². The second kappa shape index (κ2) is 13.9. The third-order valence-electron chi connectivity index (χ3n) is 9.50. The summed E-state index contributed by atoms with van der Waals surface area (Å²) >= 11 is 6.95. The molecule has 2 aliphatic heterocycles. The van der Waals surface area contributed by atoms with Gasteiger partial charge in [-0.05, 0) is 100 Å². The maximum absolute atomic E-state index is 14.4. The summed E-state index contributed by atoms with van der Waals surface area (Å²) in [4.78, 5) is 11.7. The number of amidine groups is 1. The number of halogens is 2. The van der Waals surface area contributed by atoms with Crippen molar-refractivity contribution in [3.05, 3.63) is 94.9 Å². The molecule has 1 N–H and O–H groups in total. The van der Waals surface area contributed by atoms with Gasteiger partial charge in [-0.15, -0.1) is 0 Å². The summed E-state index contributed by atoms with van der Waals surface area (Å²) in [6, 6.07) is 10.4. The van der Waals surface area contributed by atoms with E-state index >= 15 is 0 Å². The average Bonchev–Trinajstić information content (AvgIpc) is 3.75. The number of aromatic nitrogens is 4. The molecule has 4 aromatic rings. The fraction of sp³-hybridized carbons (Fsp3) is 0.432. The van der Waals surface area contributed by atoms with Gasteiger partial charge in [0.1, 0.15) is 18.0 Å². The van der Waals surface area contributed by atoms with Gasteiger partial charge in [0.25, 0.3) is 0 Å². The standard InChI is InChI=1S/C37H45ClFN7/c1-6-15-40-27(5)42-26(4)37(36-34-19-30(39)21-45(34)23-41-36)46-22-32-33(38)20-31(25(3)35(32)43-46)29-11-9-28(10-12-29)8-7-16-44-17-13-24(2)14-18-44/h6,9-12,15,20,22-24,30,37H,4,7-8,13-14,16-19,21H2,1-3,5H3,(H,40,42)/b15-6-/t30-,37?/m1/s1. The number of benzene rings is 2. The van der Waals surface area contributed by atoms with E-state index in [2.05, 4.69) is 59.9 Å². The molecule has 46 heavy (non-hydrogen) atoms. The Balaban J connectivity index is 1.27. The lowest BCUT2D eigenvalue weighted by atomic mass is 9.96. The van der Waals surface area contributed by atoms with Crippen LogP contribution in [0.15, 0.2) is 72.4 Å². The van der Waals surface area contributed by atoms with Crippen LogP contribution in [-0.4, -0.2) is 55.9 Å². The third kappa shape index (κ3) is 6.83. The fourth-order valence-corrected chi connectivity index (χ4v) is 7.09. The molecule has 1 saturated heterocycles. The van der Waals surface area contributed by atoms with Gasteiger partial charge in [0.05, 0.1) is 29.1 Å². The molecule has 242 valence electrons. The first-order chi connectivity index (χ1) is 22.2. The van der Waals surface area contributed by atoms with E-state index < -0.39 is 12.2 Å². The van der Waals surface area contributed by atoms with Crippen molar-refractivity contribution in [3.63, 3.8) is 0 Å². The number of fused-ring (bicyclic) bond motifs is 2. The zero-order valence-electron chi connectivity index (χ0n) is 27.4. The van der Waals surface area contributed by atoms with Crippen molar-refractivity contribution in [2.45, 2.75) is 78.6 Å². The second-order valence-corrected chi connectivity index (χ2v) is 13.4. The summed E-state index contributed by atoms with van der Waals surface area (Å²) in [5, 5.41) is 9.89. The largest absolute Gasteiger partial charge is 0.346 e.